The van der Waals surface area contributed by atoms with E-state index in [-0.39, 0.29) is 6.04 Å². The average Bonchev–Trinajstić information content (AvgIpc) is 2.03. The highest BCUT2D eigenvalue weighted by molar-refractivity contribution is 6.31. The molecule has 3 N–H and O–H groups in total. The molecule has 0 amide bonds. The van der Waals surface area contributed by atoms with Crippen LogP contribution >= 0.6 is 11.6 Å². The van der Waals surface area contributed by atoms with Gasteiger partial charge in [0, 0.05) is 16.6 Å². The maximum absolute atomic E-state index is 9.75. The Morgan fingerprint density at radius 1 is 1.46 bits per heavy atom. The van der Waals surface area contributed by atoms with Crippen molar-refractivity contribution in [2.24, 2.45) is 5.73 Å². The summed E-state index contributed by atoms with van der Waals surface area (Å²) in [5.74, 6) is 0. The fourth-order valence-electron chi connectivity index (χ4n) is 1.28. The average molecular weight is 200 g/mol. The summed E-state index contributed by atoms with van der Waals surface area (Å²) in [6.45, 7) is 3.67. The van der Waals surface area contributed by atoms with Crippen molar-refractivity contribution in [3.63, 3.8) is 0 Å². The van der Waals surface area contributed by atoms with Crippen LogP contribution in [0, 0.1) is 6.92 Å². The van der Waals surface area contributed by atoms with Crippen molar-refractivity contribution < 1.29 is 5.11 Å². The number of hydrogen-bond donors (Lipinski definition) is 2. The lowest BCUT2D eigenvalue weighted by Crippen LogP contribution is -2.25. The number of rotatable bonds is 2. The molecule has 0 aliphatic heterocycles. The second kappa shape index (κ2) is 4.09. The second-order valence-corrected chi connectivity index (χ2v) is 3.68. The minimum atomic E-state index is -0.686. The van der Waals surface area contributed by atoms with E-state index in [1.165, 1.54) is 0 Å². The van der Waals surface area contributed by atoms with Gasteiger partial charge in [-0.25, -0.2) is 0 Å². The molecule has 72 valence electrons. The van der Waals surface area contributed by atoms with E-state index in [2.05, 4.69) is 0 Å². The van der Waals surface area contributed by atoms with E-state index in [1.807, 2.05) is 19.1 Å². The minimum absolute atomic E-state index is 0.307. The fourth-order valence-corrected chi connectivity index (χ4v) is 1.62. The zero-order valence-corrected chi connectivity index (χ0v) is 8.55. The van der Waals surface area contributed by atoms with Crippen LogP contribution in [0.4, 0.5) is 0 Å². The van der Waals surface area contributed by atoms with Crippen molar-refractivity contribution in [3.05, 3.63) is 34.3 Å². The molecule has 0 fully saturated rings. The monoisotopic (exact) mass is 199 g/mol. The van der Waals surface area contributed by atoms with Gasteiger partial charge < -0.3 is 10.8 Å². The molecular formula is C10H14ClNO. The highest BCUT2D eigenvalue weighted by Crippen LogP contribution is 2.27. The van der Waals surface area contributed by atoms with Gasteiger partial charge >= 0.3 is 0 Å². The van der Waals surface area contributed by atoms with Crippen LogP contribution in [0.3, 0.4) is 0 Å². The number of benzene rings is 1. The standard InChI is InChI=1S/C10H14ClNO/c1-6-4-3-5-8(11)9(6)10(13)7(2)12/h3-5,7,10,13H,12H2,1-2H3/t7-,10-/m0/s1. The molecule has 0 bridgehead atoms. The van der Waals surface area contributed by atoms with Crippen molar-refractivity contribution in [2.45, 2.75) is 26.0 Å². The third-order valence-corrected chi connectivity index (χ3v) is 2.39. The minimum Gasteiger partial charge on any atom is -0.387 e. The smallest absolute Gasteiger partial charge is 0.0955 e. The van der Waals surface area contributed by atoms with Gasteiger partial charge in [-0.15, -0.1) is 0 Å². The van der Waals surface area contributed by atoms with E-state index in [1.54, 1.807) is 13.0 Å². The Hall–Kier alpha value is -0.570. The van der Waals surface area contributed by atoms with Gasteiger partial charge in [0.2, 0.25) is 0 Å². The third kappa shape index (κ3) is 2.21. The van der Waals surface area contributed by atoms with Gasteiger partial charge in [0.25, 0.3) is 0 Å². The zero-order chi connectivity index (χ0) is 10.0. The lowest BCUT2D eigenvalue weighted by molar-refractivity contribution is 0.153. The molecule has 0 unspecified atom stereocenters. The Morgan fingerprint density at radius 3 is 2.54 bits per heavy atom. The molecule has 0 saturated carbocycles. The number of aliphatic hydroxyl groups is 1. The molecule has 2 nitrogen and oxygen atoms in total. The van der Waals surface area contributed by atoms with Gasteiger partial charge in [-0.2, -0.15) is 0 Å². The van der Waals surface area contributed by atoms with Crippen LogP contribution < -0.4 is 5.73 Å². The Labute approximate surface area is 83.3 Å². The summed E-state index contributed by atoms with van der Waals surface area (Å²) < 4.78 is 0. The van der Waals surface area contributed by atoms with E-state index in [0.29, 0.717) is 5.02 Å². The van der Waals surface area contributed by atoms with Crippen LogP contribution in [0.15, 0.2) is 18.2 Å². The summed E-state index contributed by atoms with van der Waals surface area (Å²) in [5.41, 5.74) is 7.30. The second-order valence-electron chi connectivity index (χ2n) is 3.27. The molecule has 1 aromatic carbocycles. The molecule has 0 spiro atoms. The SMILES string of the molecule is Cc1cccc(Cl)c1[C@@H](O)[C@H](C)N. The Balaban J connectivity index is 3.12. The van der Waals surface area contributed by atoms with Crippen LogP contribution in [-0.4, -0.2) is 11.1 Å². The summed E-state index contributed by atoms with van der Waals surface area (Å²) in [6, 6.07) is 5.22. The van der Waals surface area contributed by atoms with E-state index >= 15 is 0 Å². The van der Waals surface area contributed by atoms with E-state index < -0.39 is 6.10 Å². The Bertz CT molecular complexity index is 279. The van der Waals surface area contributed by atoms with Gasteiger partial charge in [-0.1, -0.05) is 23.7 Å². The Morgan fingerprint density at radius 2 is 2.08 bits per heavy atom. The highest BCUT2D eigenvalue weighted by Gasteiger charge is 2.17. The molecule has 0 heterocycles. The molecule has 13 heavy (non-hydrogen) atoms. The molecule has 3 heteroatoms. The predicted molar refractivity (Wildman–Crippen MR) is 54.8 cm³/mol. The van der Waals surface area contributed by atoms with E-state index in [4.69, 9.17) is 17.3 Å². The normalized spacial score (nSPS) is 15.5. The van der Waals surface area contributed by atoms with Crippen molar-refractivity contribution in [3.8, 4) is 0 Å². The van der Waals surface area contributed by atoms with Crippen LogP contribution in [0.5, 0.6) is 0 Å². The first-order valence-electron chi connectivity index (χ1n) is 4.22. The molecule has 0 aromatic heterocycles. The van der Waals surface area contributed by atoms with E-state index in [0.717, 1.165) is 11.1 Å². The number of aryl methyl sites for hydroxylation is 1. The van der Waals surface area contributed by atoms with Gasteiger partial charge in [-0.3, -0.25) is 0 Å². The molecule has 0 aliphatic rings. The summed E-state index contributed by atoms with van der Waals surface area (Å²) in [4.78, 5) is 0. The molecule has 1 aromatic rings. The van der Waals surface area contributed by atoms with Crippen LogP contribution in [0.1, 0.15) is 24.2 Å². The number of aliphatic hydroxyl groups excluding tert-OH is 1. The van der Waals surface area contributed by atoms with Crippen molar-refractivity contribution in [1.29, 1.82) is 0 Å². The van der Waals surface area contributed by atoms with Gasteiger partial charge in [-0.05, 0) is 25.5 Å². The van der Waals surface area contributed by atoms with Crippen LogP contribution in [0.2, 0.25) is 5.02 Å². The first-order chi connectivity index (χ1) is 6.04. The molecular weight excluding hydrogens is 186 g/mol. The fraction of sp³-hybridized carbons (Fsp3) is 0.400. The van der Waals surface area contributed by atoms with Crippen LogP contribution in [0.25, 0.3) is 0 Å². The van der Waals surface area contributed by atoms with Crippen molar-refractivity contribution in [1.82, 2.24) is 0 Å². The molecule has 0 radical (unpaired) electrons. The number of nitrogens with two attached hydrogens (primary N) is 1. The number of halogens is 1. The van der Waals surface area contributed by atoms with Crippen molar-refractivity contribution >= 4 is 11.6 Å². The zero-order valence-electron chi connectivity index (χ0n) is 7.79. The first kappa shape index (κ1) is 10.5. The lowest BCUT2D eigenvalue weighted by Gasteiger charge is -2.18. The van der Waals surface area contributed by atoms with E-state index in [9.17, 15) is 5.11 Å². The highest BCUT2D eigenvalue weighted by atomic mass is 35.5. The largest absolute Gasteiger partial charge is 0.387 e. The Kier molecular flexibility index (Phi) is 3.31. The summed E-state index contributed by atoms with van der Waals surface area (Å²) >= 11 is 5.95. The van der Waals surface area contributed by atoms with Gasteiger partial charge in [0.15, 0.2) is 0 Å². The quantitative estimate of drug-likeness (QED) is 0.766. The topological polar surface area (TPSA) is 46.2 Å². The van der Waals surface area contributed by atoms with Gasteiger partial charge in [0.1, 0.15) is 0 Å². The molecule has 0 saturated heterocycles. The maximum atomic E-state index is 9.75. The molecule has 0 aliphatic carbocycles. The van der Waals surface area contributed by atoms with Gasteiger partial charge in [0.05, 0.1) is 6.10 Å². The predicted octanol–water partition coefficient (Wildman–Crippen LogP) is 2.03. The first-order valence-corrected chi connectivity index (χ1v) is 4.60. The lowest BCUT2D eigenvalue weighted by atomic mass is 9.99. The molecule has 2 atom stereocenters. The summed E-state index contributed by atoms with van der Waals surface area (Å²) in [7, 11) is 0. The summed E-state index contributed by atoms with van der Waals surface area (Å²) in [5, 5.41) is 10.3. The molecule has 1 rings (SSSR count). The van der Waals surface area contributed by atoms with Crippen molar-refractivity contribution in [2.75, 3.05) is 0 Å². The third-order valence-electron chi connectivity index (χ3n) is 2.06. The number of hydrogen-bond acceptors (Lipinski definition) is 2. The van der Waals surface area contributed by atoms with Crippen LogP contribution in [-0.2, 0) is 0 Å². The maximum Gasteiger partial charge on any atom is 0.0955 e. The summed E-state index contributed by atoms with van der Waals surface area (Å²) in [6.07, 6.45) is -0.686.